The maximum Gasteiger partial charge on any atom is 0.256 e. The Morgan fingerprint density at radius 3 is 2.78 bits per heavy atom. The fourth-order valence-corrected chi connectivity index (χ4v) is 3.76. The van der Waals surface area contributed by atoms with E-state index in [2.05, 4.69) is 20.1 Å². The maximum atomic E-state index is 14.4. The molecule has 2 aromatic rings. The van der Waals surface area contributed by atoms with Crippen LogP contribution >= 0.6 is 12.4 Å². The van der Waals surface area contributed by atoms with Crippen molar-refractivity contribution in [3.63, 3.8) is 0 Å². The highest BCUT2D eigenvalue weighted by atomic mass is 35.5. The fourth-order valence-electron chi connectivity index (χ4n) is 3.76. The number of hydrogen-bond donors (Lipinski definition) is 1. The second-order valence-electron chi connectivity index (χ2n) is 6.69. The van der Waals surface area contributed by atoms with Crippen molar-refractivity contribution in [1.29, 1.82) is 0 Å². The minimum atomic E-state index is -0.596. The first-order valence-corrected chi connectivity index (χ1v) is 8.93. The van der Waals surface area contributed by atoms with Crippen molar-refractivity contribution >= 4 is 18.3 Å². The maximum absolute atomic E-state index is 14.4. The van der Waals surface area contributed by atoms with Crippen LogP contribution in [0.3, 0.4) is 0 Å². The lowest BCUT2D eigenvalue weighted by Gasteiger charge is -2.32. The summed E-state index contributed by atoms with van der Waals surface area (Å²) in [5.41, 5.74) is 0.0636. The number of likely N-dealkylation sites (tertiary alicyclic amines) is 1. The van der Waals surface area contributed by atoms with E-state index >= 15 is 0 Å². The molecule has 0 saturated carbocycles. The van der Waals surface area contributed by atoms with Gasteiger partial charge in [0, 0.05) is 32.1 Å². The number of halogens is 2. The Kier molecular flexibility index (Phi) is 5.96. The smallest absolute Gasteiger partial charge is 0.256 e. The van der Waals surface area contributed by atoms with Crippen molar-refractivity contribution in [2.75, 3.05) is 26.7 Å². The molecule has 0 radical (unpaired) electrons. The number of benzene rings is 1. The molecule has 27 heavy (non-hydrogen) atoms. The molecule has 0 unspecified atom stereocenters. The molecule has 0 aliphatic carbocycles. The van der Waals surface area contributed by atoms with E-state index in [0.717, 1.165) is 44.1 Å². The van der Waals surface area contributed by atoms with Gasteiger partial charge in [0.15, 0.2) is 11.6 Å². The van der Waals surface area contributed by atoms with Gasteiger partial charge in [-0.05, 0) is 25.0 Å². The van der Waals surface area contributed by atoms with Gasteiger partial charge in [-0.1, -0.05) is 6.07 Å². The van der Waals surface area contributed by atoms with Crippen molar-refractivity contribution in [1.82, 2.24) is 25.0 Å². The molecule has 2 aliphatic rings. The number of ether oxygens (including phenoxy) is 1. The van der Waals surface area contributed by atoms with E-state index in [4.69, 9.17) is 4.74 Å². The van der Waals surface area contributed by atoms with E-state index in [0.29, 0.717) is 13.1 Å². The third kappa shape index (κ3) is 3.64. The normalized spacial score (nSPS) is 17.2. The summed E-state index contributed by atoms with van der Waals surface area (Å²) in [7, 11) is 1.40. The van der Waals surface area contributed by atoms with Gasteiger partial charge in [0.2, 0.25) is 0 Å². The topological polar surface area (TPSA) is 72.3 Å². The molecular weight excluding hydrogens is 373 g/mol. The standard InChI is InChI=1S/C18H22FN5O2.ClH/c1-26-14-4-2-3-13(16(14)19)18(25)23-8-5-12(6-9-23)17-22-21-15-11-20-7-10-24(15)17;/h2-4,12,20H,5-11H2,1H3;1H. The fraction of sp³-hybridized carbons (Fsp3) is 0.500. The molecule has 2 aliphatic heterocycles. The van der Waals surface area contributed by atoms with Crippen molar-refractivity contribution in [2.45, 2.75) is 31.8 Å². The number of fused-ring (bicyclic) bond motifs is 1. The van der Waals surface area contributed by atoms with Crippen LogP contribution in [0.15, 0.2) is 18.2 Å². The van der Waals surface area contributed by atoms with E-state index < -0.39 is 5.82 Å². The quantitative estimate of drug-likeness (QED) is 0.860. The SMILES string of the molecule is COc1cccc(C(=O)N2CCC(c3nnc4n3CCNC4)CC2)c1F.Cl. The van der Waals surface area contributed by atoms with E-state index in [9.17, 15) is 9.18 Å². The first-order chi connectivity index (χ1) is 12.7. The number of rotatable bonds is 3. The largest absolute Gasteiger partial charge is 0.494 e. The van der Waals surface area contributed by atoms with Crippen LogP contribution < -0.4 is 10.1 Å². The number of amides is 1. The van der Waals surface area contributed by atoms with Crippen LogP contribution in [-0.4, -0.2) is 52.3 Å². The first kappa shape index (κ1) is 19.6. The number of nitrogens with one attached hydrogen (secondary N) is 1. The average molecular weight is 396 g/mol. The van der Waals surface area contributed by atoms with Gasteiger partial charge >= 0.3 is 0 Å². The molecule has 1 aromatic heterocycles. The summed E-state index contributed by atoms with van der Waals surface area (Å²) >= 11 is 0. The van der Waals surface area contributed by atoms with Crippen molar-refractivity contribution in [3.05, 3.63) is 41.2 Å². The Labute approximate surface area is 163 Å². The zero-order valence-corrected chi connectivity index (χ0v) is 16.0. The lowest BCUT2D eigenvalue weighted by molar-refractivity contribution is 0.0704. The number of aromatic nitrogens is 3. The zero-order valence-electron chi connectivity index (χ0n) is 15.2. The van der Waals surface area contributed by atoms with Crippen LogP contribution in [0, 0.1) is 5.82 Å². The highest BCUT2D eigenvalue weighted by Crippen LogP contribution is 2.29. The predicted octanol–water partition coefficient (Wildman–Crippen LogP) is 1.97. The summed E-state index contributed by atoms with van der Waals surface area (Å²) in [6.07, 6.45) is 1.62. The van der Waals surface area contributed by atoms with Crippen LogP contribution in [0.4, 0.5) is 4.39 Å². The minimum Gasteiger partial charge on any atom is -0.494 e. The molecule has 1 N–H and O–H groups in total. The molecular formula is C18H23ClFN5O2. The lowest BCUT2D eigenvalue weighted by atomic mass is 9.95. The highest BCUT2D eigenvalue weighted by Gasteiger charge is 2.30. The number of hydrogen-bond acceptors (Lipinski definition) is 5. The molecule has 146 valence electrons. The third-order valence-electron chi connectivity index (χ3n) is 5.21. The molecule has 7 nitrogen and oxygen atoms in total. The van der Waals surface area contributed by atoms with Gasteiger partial charge in [0.25, 0.3) is 5.91 Å². The van der Waals surface area contributed by atoms with Gasteiger partial charge in [-0.25, -0.2) is 4.39 Å². The molecule has 9 heteroatoms. The Hall–Kier alpha value is -2.19. The summed E-state index contributed by atoms with van der Waals surface area (Å²) < 4.78 is 21.5. The molecule has 1 aromatic carbocycles. The molecule has 1 amide bonds. The summed E-state index contributed by atoms with van der Waals surface area (Å²) in [6, 6.07) is 4.66. The van der Waals surface area contributed by atoms with Crippen LogP contribution in [-0.2, 0) is 13.1 Å². The molecule has 4 rings (SSSR count). The van der Waals surface area contributed by atoms with Gasteiger partial charge in [-0.3, -0.25) is 4.79 Å². The first-order valence-electron chi connectivity index (χ1n) is 8.93. The van der Waals surface area contributed by atoms with E-state index in [1.54, 1.807) is 11.0 Å². The number of piperidine rings is 1. The van der Waals surface area contributed by atoms with Gasteiger partial charge in [-0.2, -0.15) is 0 Å². The van der Waals surface area contributed by atoms with Gasteiger partial charge in [-0.15, -0.1) is 22.6 Å². The molecule has 1 fully saturated rings. The van der Waals surface area contributed by atoms with Gasteiger partial charge in [0.1, 0.15) is 11.6 Å². The molecule has 1 saturated heterocycles. The van der Waals surface area contributed by atoms with E-state index in [1.165, 1.54) is 19.2 Å². The summed E-state index contributed by atoms with van der Waals surface area (Å²) in [4.78, 5) is 14.4. The lowest BCUT2D eigenvalue weighted by Crippen LogP contribution is -2.39. The number of methoxy groups -OCH3 is 1. The Balaban J connectivity index is 0.00000210. The molecule has 0 spiro atoms. The van der Waals surface area contributed by atoms with E-state index in [1.807, 2.05) is 0 Å². The van der Waals surface area contributed by atoms with Crippen LogP contribution in [0.1, 0.15) is 40.8 Å². The second-order valence-corrected chi connectivity index (χ2v) is 6.69. The van der Waals surface area contributed by atoms with Crippen LogP contribution in [0.2, 0.25) is 0 Å². The van der Waals surface area contributed by atoms with Crippen molar-refractivity contribution < 1.29 is 13.9 Å². The monoisotopic (exact) mass is 395 g/mol. The zero-order chi connectivity index (χ0) is 18.1. The van der Waals surface area contributed by atoms with E-state index in [-0.39, 0.29) is 35.5 Å². The molecule has 3 heterocycles. The Bertz CT molecular complexity index is 820. The van der Waals surface area contributed by atoms with Crippen molar-refractivity contribution in [3.8, 4) is 5.75 Å². The summed E-state index contributed by atoms with van der Waals surface area (Å²) in [6.45, 7) is 3.72. The average Bonchev–Trinajstić information content (AvgIpc) is 3.12. The number of carbonyl (C=O) groups is 1. The second kappa shape index (κ2) is 8.22. The van der Waals surface area contributed by atoms with Gasteiger partial charge in [0.05, 0.1) is 19.2 Å². The highest BCUT2D eigenvalue weighted by molar-refractivity contribution is 5.95. The third-order valence-corrected chi connectivity index (χ3v) is 5.21. The Morgan fingerprint density at radius 2 is 2.04 bits per heavy atom. The van der Waals surface area contributed by atoms with Crippen LogP contribution in [0.5, 0.6) is 5.75 Å². The predicted molar refractivity (Wildman–Crippen MR) is 99.8 cm³/mol. The van der Waals surface area contributed by atoms with Gasteiger partial charge < -0.3 is 19.5 Å². The Morgan fingerprint density at radius 1 is 1.26 bits per heavy atom. The number of carbonyl (C=O) groups excluding carboxylic acids is 1. The van der Waals surface area contributed by atoms with Crippen LogP contribution in [0.25, 0.3) is 0 Å². The minimum absolute atomic E-state index is 0. The molecule has 0 bridgehead atoms. The molecule has 0 atom stereocenters. The summed E-state index contributed by atoms with van der Waals surface area (Å²) in [5, 5.41) is 11.9. The number of nitrogens with zero attached hydrogens (tertiary/aromatic N) is 4. The van der Waals surface area contributed by atoms with Crippen molar-refractivity contribution in [2.24, 2.45) is 0 Å². The summed E-state index contributed by atoms with van der Waals surface area (Å²) in [5.74, 6) is 1.49.